The molecule has 0 aliphatic carbocycles. The summed E-state index contributed by atoms with van der Waals surface area (Å²) in [6, 6.07) is 17.3. The van der Waals surface area contributed by atoms with Crippen LogP contribution in [0.15, 0.2) is 48.5 Å². The molecule has 0 N–H and O–H groups in total. The van der Waals surface area contributed by atoms with E-state index in [0.29, 0.717) is 0 Å². The molecule has 5 rings (SSSR count). The minimum absolute atomic E-state index is 0.0103. The van der Waals surface area contributed by atoms with Gasteiger partial charge in [-0.05, 0) is 54.1 Å². The van der Waals surface area contributed by atoms with E-state index >= 15 is 0 Å². The number of piperazine rings is 1. The van der Waals surface area contributed by atoms with Gasteiger partial charge < -0.3 is 9.80 Å². The highest BCUT2D eigenvalue weighted by Crippen LogP contribution is 2.33. The minimum Gasteiger partial charge on any atom is -0.378 e. The number of aromatic nitrogens is 5. The van der Waals surface area contributed by atoms with Gasteiger partial charge in [-0.15, -0.1) is 5.10 Å². The summed E-state index contributed by atoms with van der Waals surface area (Å²) in [5, 5.41) is 13.9. The smallest absolute Gasteiger partial charge is 0.186 e. The second-order valence-electron chi connectivity index (χ2n) is 8.95. The van der Waals surface area contributed by atoms with E-state index in [0.717, 1.165) is 42.7 Å². The molecule has 33 heavy (non-hydrogen) atoms. The first kappa shape index (κ1) is 21.8. The summed E-state index contributed by atoms with van der Waals surface area (Å²) in [4.78, 5) is 11.9. The quantitative estimate of drug-likeness (QED) is 0.431. The van der Waals surface area contributed by atoms with Crippen molar-refractivity contribution in [2.24, 2.45) is 0 Å². The fourth-order valence-corrected chi connectivity index (χ4v) is 5.41. The summed E-state index contributed by atoms with van der Waals surface area (Å²) in [5.74, 6) is 0.899. The minimum atomic E-state index is 0.0103. The molecule has 1 aliphatic rings. The van der Waals surface area contributed by atoms with Gasteiger partial charge in [0.05, 0.1) is 22.3 Å². The summed E-state index contributed by atoms with van der Waals surface area (Å²) < 4.78 is 3.19. The number of hydrogen-bond acceptors (Lipinski definition) is 8. The molecule has 2 aromatic carbocycles. The van der Waals surface area contributed by atoms with Crippen LogP contribution in [0.2, 0.25) is 0 Å². The molecule has 8 nitrogen and oxygen atoms in total. The van der Waals surface area contributed by atoms with Crippen LogP contribution in [0, 0.1) is 0 Å². The van der Waals surface area contributed by atoms with Crippen molar-refractivity contribution >= 4 is 32.4 Å². The molecule has 2 aromatic heterocycles. The standard InChI is InChI=1S/C24H30N8S/c1-17(2)32-23(26-27-28-32)22(18-9-11-19(12-10-18)29(3)4)30-13-15-31(16-14-30)24-25-20-7-5-6-8-21(20)33-24/h5-12,17,22H,13-16H2,1-4H3/t22-/m1/s1. The number of benzene rings is 2. The Morgan fingerprint density at radius 1 is 0.939 bits per heavy atom. The zero-order valence-corrected chi connectivity index (χ0v) is 20.4. The molecule has 0 radical (unpaired) electrons. The molecule has 1 fully saturated rings. The van der Waals surface area contributed by atoms with Crippen molar-refractivity contribution in [1.29, 1.82) is 0 Å². The van der Waals surface area contributed by atoms with Crippen LogP contribution in [0.4, 0.5) is 10.8 Å². The van der Waals surface area contributed by atoms with Crippen molar-refractivity contribution in [3.63, 3.8) is 0 Å². The van der Waals surface area contributed by atoms with Crippen molar-refractivity contribution < 1.29 is 0 Å². The van der Waals surface area contributed by atoms with Crippen LogP contribution in [0.1, 0.15) is 37.3 Å². The first-order valence-corrected chi connectivity index (χ1v) is 12.2. The molecular weight excluding hydrogens is 432 g/mol. The van der Waals surface area contributed by atoms with Crippen molar-refractivity contribution in [3.8, 4) is 0 Å². The topological polar surface area (TPSA) is 66.2 Å². The molecule has 0 saturated carbocycles. The molecule has 3 heterocycles. The Morgan fingerprint density at radius 3 is 2.33 bits per heavy atom. The number of fused-ring (bicyclic) bond motifs is 1. The summed E-state index contributed by atoms with van der Waals surface area (Å²) in [5.41, 5.74) is 3.47. The highest BCUT2D eigenvalue weighted by atomic mass is 32.1. The summed E-state index contributed by atoms with van der Waals surface area (Å²) in [6.07, 6.45) is 0. The third-order valence-corrected chi connectivity index (χ3v) is 7.31. The highest BCUT2D eigenvalue weighted by molar-refractivity contribution is 7.22. The molecule has 0 spiro atoms. The predicted molar refractivity (Wildman–Crippen MR) is 134 cm³/mol. The molecule has 0 amide bonds. The maximum absolute atomic E-state index is 4.86. The molecule has 1 saturated heterocycles. The van der Waals surface area contributed by atoms with Gasteiger partial charge in [0.2, 0.25) is 0 Å². The number of tetrazole rings is 1. The largest absolute Gasteiger partial charge is 0.378 e. The normalized spacial score (nSPS) is 16.0. The molecule has 0 bridgehead atoms. The Labute approximate surface area is 198 Å². The van der Waals surface area contributed by atoms with Crippen LogP contribution in [0.25, 0.3) is 10.2 Å². The molecular formula is C24H30N8S. The van der Waals surface area contributed by atoms with Crippen molar-refractivity contribution in [1.82, 2.24) is 30.1 Å². The Kier molecular flexibility index (Phi) is 5.99. The second kappa shape index (κ2) is 9.07. The van der Waals surface area contributed by atoms with Crippen LogP contribution in [0.5, 0.6) is 0 Å². The zero-order valence-electron chi connectivity index (χ0n) is 19.6. The number of rotatable bonds is 6. The number of nitrogens with zero attached hydrogens (tertiary/aromatic N) is 8. The highest BCUT2D eigenvalue weighted by Gasteiger charge is 2.31. The lowest BCUT2D eigenvalue weighted by atomic mass is 10.0. The van der Waals surface area contributed by atoms with E-state index in [1.54, 1.807) is 11.3 Å². The van der Waals surface area contributed by atoms with Crippen molar-refractivity contribution in [3.05, 3.63) is 59.9 Å². The maximum Gasteiger partial charge on any atom is 0.186 e. The van der Waals surface area contributed by atoms with Gasteiger partial charge in [0, 0.05) is 46.0 Å². The molecule has 4 aromatic rings. The van der Waals surface area contributed by atoms with Crippen LogP contribution >= 0.6 is 11.3 Å². The Morgan fingerprint density at radius 2 is 1.67 bits per heavy atom. The van der Waals surface area contributed by atoms with E-state index in [4.69, 9.17) is 4.98 Å². The number of hydrogen-bond donors (Lipinski definition) is 0. The van der Waals surface area contributed by atoms with Gasteiger partial charge in [0.25, 0.3) is 0 Å². The van der Waals surface area contributed by atoms with Crippen LogP contribution in [0.3, 0.4) is 0 Å². The average Bonchev–Trinajstić information content (AvgIpc) is 3.48. The fraction of sp³-hybridized carbons (Fsp3) is 0.417. The van der Waals surface area contributed by atoms with Gasteiger partial charge in [0.1, 0.15) is 0 Å². The van der Waals surface area contributed by atoms with E-state index < -0.39 is 0 Å². The second-order valence-corrected chi connectivity index (χ2v) is 9.96. The fourth-order valence-electron chi connectivity index (χ4n) is 4.39. The lowest BCUT2D eigenvalue weighted by Gasteiger charge is -2.39. The molecule has 1 aliphatic heterocycles. The van der Waals surface area contributed by atoms with Crippen LogP contribution < -0.4 is 9.80 Å². The third-order valence-electron chi connectivity index (χ3n) is 6.21. The number of anilines is 2. The summed E-state index contributed by atoms with van der Waals surface area (Å²) >= 11 is 1.77. The lowest BCUT2D eigenvalue weighted by Crippen LogP contribution is -2.48. The van der Waals surface area contributed by atoms with E-state index in [-0.39, 0.29) is 12.1 Å². The lowest BCUT2D eigenvalue weighted by molar-refractivity contribution is 0.199. The Balaban J connectivity index is 1.41. The van der Waals surface area contributed by atoms with Gasteiger partial charge in [-0.3, -0.25) is 4.90 Å². The van der Waals surface area contributed by atoms with E-state index in [1.165, 1.54) is 16.0 Å². The molecule has 172 valence electrons. The molecule has 9 heteroatoms. The van der Waals surface area contributed by atoms with Crippen molar-refractivity contribution in [2.75, 3.05) is 50.1 Å². The van der Waals surface area contributed by atoms with Gasteiger partial charge in [-0.2, -0.15) is 0 Å². The van der Waals surface area contributed by atoms with Crippen LogP contribution in [-0.2, 0) is 0 Å². The van der Waals surface area contributed by atoms with Gasteiger partial charge in [-0.1, -0.05) is 35.6 Å². The number of thiazole rings is 1. The zero-order chi connectivity index (χ0) is 22.9. The van der Waals surface area contributed by atoms with Gasteiger partial charge >= 0.3 is 0 Å². The Hall–Kier alpha value is -3.04. The Bertz CT molecular complexity index is 1170. The average molecular weight is 463 g/mol. The van der Waals surface area contributed by atoms with E-state index in [9.17, 15) is 0 Å². The maximum atomic E-state index is 4.86. The summed E-state index contributed by atoms with van der Waals surface area (Å²) in [6.45, 7) is 7.93. The van der Waals surface area contributed by atoms with Gasteiger partial charge in [0.15, 0.2) is 11.0 Å². The van der Waals surface area contributed by atoms with E-state index in [2.05, 4.69) is 107 Å². The monoisotopic (exact) mass is 462 g/mol. The molecule has 0 unspecified atom stereocenters. The summed E-state index contributed by atoms with van der Waals surface area (Å²) in [7, 11) is 4.13. The predicted octanol–water partition coefficient (Wildman–Crippen LogP) is 3.84. The third kappa shape index (κ3) is 4.30. The van der Waals surface area contributed by atoms with E-state index in [1.807, 2.05) is 4.68 Å². The van der Waals surface area contributed by atoms with Gasteiger partial charge in [-0.25, -0.2) is 9.67 Å². The number of para-hydroxylation sites is 1. The van der Waals surface area contributed by atoms with Crippen LogP contribution in [-0.4, -0.2) is 70.4 Å². The molecule has 1 atom stereocenters. The first-order chi connectivity index (χ1) is 16.0. The SMILES string of the molecule is CC(C)n1nnnc1[C@@H](c1ccc(N(C)C)cc1)N1CCN(c2nc3ccccc3s2)CC1. The first-order valence-electron chi connectivity index (χ1n) is 11.4. The van der Waals surface area contributed by atoms with Crippen molar-refractivity contribution in [2.45, 2.75) is 25.9 Å².